The van der Waals surface area contributed by atoms with Crippen LogP contribution in [0, 0.1) is 0 Å². The number of anilines is 1. The van der Waals surface area contributed by atoms with Crippen molar-refractivity contribution in [2.75, 3.05) is 5.32 Å². The number of nitrogens with zero attached hydrogens (tertiary/aromatic N) is 2. The van der Waals surface area contributed by atoms with E-state index >= 15 is 0 Å². The SMILES string of the molecule is C[C@H](Nc1cc(Cl)ncc1C(N)=O)c1cc2cccc(Cl)c2c(=O)n1-c1ccccc1. The third-order valence-corrected chi connectivity index (χ3v) is 5.51. The fourth-order valence-corrected chi connectivity index (χ4v) is 3.98. The number of hydrogen-bond acceptors (Lipinski definition) is 4. The predicted octanol–water partition coefficient (Wildman–Crippen LogP) is 4.96. The summed E-state index contributed by atoms with van der Waals surface area (Å²) < 4.78 is 1.61. The number of carbonyl (C=O) groups is 1. The van der Waals surface area contributed by atoms with Crippen LogP contribution in [0.15, 0.2) is 71.7 Å². The summed E-state index contributed by atoms with van der Waals surface area (Å²) in [6, 6.07) is 17.6. The molecule has 0 bridgehead atoms. The van der Waals surface area contributed by atoms with Crippen LogP contribution in [0.3, 0.4) is 0 Å². The number of hydrogen-bond donors (Lipinski definition) is 2. The Bertz CT molecular complexity index is 1350. The zero-order valence-corrected chi connectivity index (χ0v) is 18.0. The number of pyridine rings is 2. The number of halogens is 2. The lowest BCUT2D eigenvalue weighted by Crippen LogP contribution is -2.26. The molecule has 156 valence electrons. The van der Waals surface area contributed by atoms with Gasteiger partial charge in [-0.05, 0) is 42.6 Å². The summed E-state index contributed by atoms with van der Waals surface area (Å²) in [7, 11) is 0. The highest BCUT2D eigenvalue weighted by Gasteiger charge is 2.19. The van der Waals surface area contributed by atoms with Gasteiger partial charge in [0.25, 0.3) is 11.5 Å². The van der Waals surface area contributed by atoms with Gasteiger partial charge < -0.3 is 11.1 Å². The van der Waals surface area contributed by atoms with Crippen molar-refractivity contribution in [1.29, 1.82) is 0 Å². The average Bonchev–Trinajstić information content (AvgIpc) is 2.74. The molecule has 3 N–H and O–H groups in total. The van der Waals surface area contributed by atoms with Gasteiger partial charge >= 0.3 is 0 Å². The van der Waals surface area contributed by atoms with Crippen molar-refractivity contribution in [2.45, 2.75) is 13.0 Å². The van der Waals surface area contributed by atoms with Crippen LogP contribution in [0.4, 0.5) is 5.69 Å². The number of amides is 1. The molecule has 6 nitrogen and oxygen atoms in total. The first-order chi connectivity index (χ1) is 14.9. The van der Waals surface area contributed by atoms with Crippen LogP contribution in [0.5, 0.6) is 0 Å². The number of para-hydroxylation sites is 1. The molecule has 31 heavy (non-hydrogen) atoms. The smallest absolute Gasteiger partial charge is 0.264 e. The van der Waals surface area contributed by atoms with Crippen molar-refractivity contribution < 1.29 is 4.79 Å². The summed E-state index contributed by atoms with van der Waals surface area (Å²) in [5.41, 5.74) is 7.25. The van der Waals surface area contributed by atoms with Crippen LogP contribution < -0.4 is 16.6 Å². The van der Waals surface area contributed by atoms with Crippen LogP contribution in [-0.4, -0.2) is 15.5 Å². The molecule has 0 aliphatic rings. The first kappa shape index (κ1) is 20.9. The van der Waals surface area contributed by atoms with Gasteiger partial charge in [-0.2, -0.15) is 0 Å². The van der Waals surface area contributed by atoms with E-state index in [0.29, 0.717) is 27.5 Å². The molecule has 2 heterocycles. The van der Waals surface area contributed by atoms with Gasteiger partial charge in [0.2, 0.25) is 0 Å². The molecule has 4 rings (SSSR count). The maximum Gasteiger partial charge on any atom is 0.264 e. The third-order valence-electron chi connectivity index (χ3n) is 4.99. The Morgan fingerprint density at radius 3 is 2.55 bits per heavy atom. The first-order valence-corrected chi connectivity index (χ1v) is 10.2. The van der Waals surface area contributed by atoms with Crippen LogP contribution in [-0.2, 0) is 0 Å². The lowest BCUT2D eigenvalue weighted by atomic mass is 10.1. The summed E-state index contributed by atoms with van der Waals surface area (Å²) in [5, 5.41) is 5.00. The van der Waals surface area contributed by atoms with E-state index in [1.807, 2.05) is 49.4 Å². The third kappa shape index (κ3) is 4.00. The maximum absolute atomic E-state index is 13.5. The number of nitrogens with two attached hydrogens (primary N) is 1. The molecule has 0 spiro atoms. The average molecular weight is 453 g/mol. The van der Waals surface area contributed by atoms with Gasteiger partial charge in [-0.25, -0.2) is 4.98 Å². The molecule has 0 aliphatic carbocycles. The van der Waals surface area contributed by atoms with Crippen LogP contribution in [0.25, 0.3) is 16.5 Å². The zero-order valence-electron chi connectivity index (χ0n) is 16.5. The number of carbonyl (C=O) groups excluding carboxylic acids is 1. The first-order valence-electron chi connectivity index (χ1n) is 9.48. The normalized spacial score (nSPS) is 12.0. The summed E-state index contributed by atoms with van der Waals surface area (Å²) in [6.07, 6.45) is 1.32. The minimum absolute atomic E-state index is 0.202. The fraction of sp³-hybridized carbons (Fsp3) is 0.0870. The van der Waals surface area contributed by atoms with Gasteiger partial charge in [0.05, 0.1) is 27.7 Å². The topological polar surface area (TPSA) is 90.0 Å². The highest BCUT2D eigenvalue weighted by atomic mass is 35.5. The lowest BCUT2D eigenvalue weighted by molar-refractivity contribution is 0.100. The molecule has 1 atom stereocenters. The largest absolute Gasteiger partial charge is 0.376 e. The molecule has 0 fully saturated rings. The number of primary amides is 1. The Hall–Kier alpha value is -3.35. The molecule has 0 saturated heterocycles. The second-order valence-electron chi connectivity index (χ2n) is 7.03. The number of benzene rings is 2. The van der Waals surface area contributed by atoms with Crippen molar-refractivity contribution >= 4 is 45.6 Å². The highest BCUT2D eigenvalue weighted by Crippen LogP contribution is 2.28. The summed E-state index contributed by atoms with van der Waals surface area (Å²) in [6.45, 7) is 1.88. The molecule has 8 heteroatoms. The fourth-order valence-electron chi connectivity index (χ4n) is 3.55. The van der Waals surface area contributed by atoms with E-state index in [4.69, 9.17) is 28.9 Å². The summed E-state index contributed by atoms with van der Waals surface area (Å²) >= 11 is 12.4. The summed E-state index contributed by atoms with van der Waals surface area (Å²) in [5.74, 6) is -0.635. The Kier molecular flexibility index (Phi) is 5.67. The Morgan fingerprint density at radius 1 is 1.10 bits per heavy atom. The Balaban J connectivity index is 1.92. The van der Waals surface area contributed by atoms with E-state index in [0.717, 1.165) is 5.39 Å². The van der Waals surface area contributed by atoms with Crippen LogP contribution in [0.2, 0.25) is 10.2 Å². The van der Waals surface area contributed by atoms with Crippen molar-refractivity contribution in [3.8, 4) is 5.69 Å². The van der Waals surface area contributed by atoms with Crippen molar-refractivity contribution in [1.82, 2.24) is 9.55 Å². The van der Waals surface area contributed by atoms with E-state index in [1.54, 1.807) is 16.7 Å². The number of aromatic nitrogens is 2. The van der Waals surface area contributed by atoms with Gasteiger partial charge in [0.15, 0.2) is 0 Å². The molecule has 0 saturated carbocycles. The molecule has 0 unspecified atom stereocenters. The van der Waals surface area contributed by atoms with Gasteiger partial charge in [-0.1, -0.05) is 53.5 Å². The molecular formula is C23H18Cl2N4O2. The Labute approximate surface area is 188 Å². The van der Waals surface area contributed by atoms with Gasteiger partial charge in [0.1, 0.15) is 5.15 Å². The van der Waals surface area contributed by atoms with Crippen LogP contribution in [0.1, 0.15) is 29.0 Å². The summed E-state index contributed by atoms with van der Waals surface area (Å²) in [4.78, 5) is 29.3. The minimum Gasteiger partial charge on any atom is -0.376 e. The highest BCUT2D eigenvalue weighted by molar-refractivity contribution is 6.35. The Morgan fingerprint density at radius 2 is 1.84 bits per heavy atom. The van der Waals surface area contributed by atoms with E-state index in [-0.39, 0.29) is 16.3 Å². The lowest BCUT2D eigenvalue weighted by Gasteiger charge is -2.23. The standard InChI is InChI=1S/C23H18Cl2N4O2/c1-13(28-18-11-20(25)27-12-16(18)22(26)30)19-10-14-6-5-9-17(24)21(14)23(31)29(19)15-7-3-2-4-8-15/h2-13H,1H3,(H2,26,30)(H,27,28)/t13-/m0/s1. The van der Waals surface area contributed by atoms with Crippen molar-refractivity contribution in [3.63, 3.8) is 0 Å². The quantitative estimate of drug-likeness (QED) is 0.418. The minimum atomic E-state index is -0.635. The van der Waals surface area contributed by atoms with Crippen molar-refractivity contribution in [2.24, 2.45) is 5.73 Å². The molecule has 0 radical (unpaired) electrons. The molecular weight excluding hydrogens is 435 g/mol. The second-order valence-corrected chi connectivity index (χ2v) is 7.83. The van der Waals surface area contributed by atoms with E-state index in [2.05, 4.69) is 10.3 Å². The molecule has 0 aliphatic heterocycles. The molecule has 2 aromatic carbocycles. The van der Waals surface area contributed by atoms with Crippen LogP contribution >= 0.6 is 23.2 Å². The van der Waals surface area contributed by atoms with Gasteiger partial charge in [-0.3, -0.25) is 14.2 Å². The molecule has 2 aromatic heterocycles. The number of nitrogens with one attached hydrogen (secondary N) is 1. The van der Waals surface area contributed by atoms with E-state index in [1.165, 1.54) is 12.3 Å². The molecule has 1 amide bonds. The second kappa shape index (κ2) is 8.41. The van der Waals surface area contributed by atoms with Crippen molar-refractivity contribution in [3.05, 3.63) is 98.6 Å². The van der Waals surface area contributed by atoms with E-state index < -0.39 is 11.9 Å². The van der Waals surface area contributed by atoms with Gasteiger partial charge in [-0.15, -0.1) is 0 Å². The number of fused-ring (bicyclic) bond motifs is 1. The maximum atomic E-state index is 13.5. The monoisotopic (exact) mass is 452 g/mol. The molecule has 4 aromatic rings. The van der Waals surface area contributed by atoms with E-state index in [9.17, 15) is 9.59 Å². The number of rotatable bonds is 5. The predicted molar refractivity (Wildman–Crippen MR) is 124 cm³/mol. The van der Waals surface area contributed by atoms with Gasteiger partial charge in [0, 0.05) is 17.6 Å². The zero-order chi connectivity index (χ0) is 22.1.